The SMILES string of the molecule is O=C(Cl)c1ccc([N+](=O)[O-])cc1.O=CO. The van der Waals surface area contributed by atoms with Crippen LogP contribution in [0.25, 0.3) is 0 Å². The van der Waals surface area contributed by atoms with Crippen LogP contribution in [0, 0.1) is 10.1 Å². The van der Waals surface area contributed by atoms with Crippen LogP contribution in [0.5, 0.6) is 0 Å². The van der Waals surface area contributed by atoms with E-state index in [4.69, 9.17) is 21.5 Å². The summed E-state index contributed by atoms with van der Waals surface area (Å²) < 4.78 is 0. The number of hydrogen-bond donors (Lipinski definition) is 1. The molecule has 6 nitrogen and oxygen atoms in total. The third-order valence-electron chi connectivity index (χ3n) is 1.31. The topological polar surface area (TPSA) is 97.5 Å². The minimum absolute atomic E-state index is 0.0586. The Morgan fingerprint density at radius 3 is 2.07 bits per heavy atom. The van der Waals surface area contributed by atoms with Crippen molar-refractivity contribution >= 4 is 29.0 Å². The molecule has 0 fully saturated rings. The van der Waals surface area contributed by atoms with E-state index in [1.54, 1.807) is 0 Å². The Hall–Kier alpha value is -1.95. The Balaban J connectivity index is 0.000000583. The first-order valence-electron chi connectivity index (χ1n) is 3.55. The molecule has 1 aromatic rings. The molecule has 0 aromatic heterocycles. The summed E-state index contributed by atoms with van der Waals surface area (Å²) in [5.74, 6) is 0. The van der Waals surface area contributed by atoms with Crippen LogP contribution < -0.4 is 0 Å². The summed E-state index contributed by atoms with van der Waals surface area (Å²) in [6, 6.07) is 5.09. The molecular formula is C8H6ClNO5. The van der Waals surface area contributed by atoms with Gasteiger partial charge in [-0.1, -0.05) is 0 Å². The summed E-state index contributed by atoms with van der Waals surface area (Å²) in [6.45, 7) is -0.250. The van der Waals surface area contributed by atoms with Gasteiger partial charge in [0.05, 0.1) is 4.92 Å². The van der Waals surface area contributed by atoms with Crippen molar-refractivity contribution in [2.24, 2.45) is 0 Å². The quantitative estimate of drug-likeness (QED) is 0.361. The van der Waals surface area contributed by atoms with Crippen LogP contribution in [0.4, 0.5) is 5.69 Å². The second-order valence-electron chi connectivity index (χ2n) is 2.18. The molecule has 15 heavy (non-hydrogen) atoms. The summed E-state index contributed by atoms with van der Waals surface area (Å²) in [5, 5.41) is 16.4. The molecule has 0 atom stereocenters. The van der Waals surface area contributed by atoms with E-state index in [1.165, 1.54) is 24.3 Å². The lowest BCUT2D eigenvalue weighted by atomic mass is 10.2. The molecule has 0 aliphatic carbocycles. The molecule has 0 unspecified atom stereocenters. The van der Waals surface area contributed by atoms with E-state index in [1.807, 2.05) is 0 Å². The summed E-state index contributed by atoms with van der Waals surface area (Å²) in [5.41, 5.74) is 0.193. The van der Waals surface area contributed by atoms with E-state index in [2.05, 4.69) is 0 Å². The van der Waals surface area contributed by atoms with E-state index >= 15 is 0 Å². The highest BCUT2D eigenvalue weighted by atomic mass is 35.5. The van der Waals surface area contributed by atoms with Crippen molar-refractivity contribution in [3.63, 3.8) is 0 Å². The number of nitro groups is 1. The molecule has 0 bridgehead atoms. The highest BCUT2D eigenvalue weighted by Gasteiger charge is 2.06. The summed E-state index contributed by atoms with van der Waals surface area (Å²) >= 11 is 5.13. The molecule has 1 N–H and O–H groups in total. The first-order valence-corrected chi connectivity index (χ1v) is 3.93. The second kappa shape index (κ2) is 6.50. The molecule has 7 heteroatoms. The highest BCUT2D eigenvalue weighted by Crippen LogP contribution is 2.12. The Kier molecular flexibility index (Phi) is 5.65. The van der Waals surface area contributed by atoms with E-state index in [0.29, 0.717) is 0 Å². The summed E-state index contributed by atoms with van der Waals surface area (Å²) in [7, 11) is 0. The van der Waals surface area contributed by atoms with Crippen molar-refractivity contribution in [3.05, 3.63) is 39.9 Å². The third-order valence-corrected chi connectivity index (χ3v) is 1.52. The summed E-state index contributed by atoms with van der Waals surface area (Å²) in [4.78, 5) is 28.5. The first kappa shape index (κ1) is 13.1. The van der Waals surface area contributed by atoms with Gasteiger partial charge in [-0.3, -0.25) is 19.7 Å². The van der Waals surface area contributed by atoms with Gasteiger partial charge in [-0.05, 0) is 23.7 Å². The molecule has 0 amide bonds. The van der Waals surface area contributed by atoms with Gasteiger partial charge >= 0.3 is 0 Å². The maximum Gasteiger partial charge on any atom is 0.290 e. The zero-order chi connectivity index (χ0) is 11.8. The van der Waals surface area contributed by atoms with Gasteiger partial charge < -0.3 is 5.11 Å². The van der Waals surface area contributed by atoms with Crippen LogP contribution in [0.2, 0.25) is 0 Å². The van der Waals surface area contributed by atoms with Crippen molar-refractivity contribution in [2.75, 3.05) is 0 Å². The molecule has 0 spiro atoms. The normalized spacial score (nSPS) is 8.33. The van der Waals surface area contributed by atoms with Gasteiger partial charge in [-0.25, -0.2) is 0 Å². The Labute approximate surface area is 89.2 Å². The average molecular weight is 232 g/mol. The first-order chi connectivity index (χ1) is 7.02. The zero-order valence-electron chi connectivity index (χ0n) is 7.29. The van der Waals surface area contributed by atoms with Crippen molar-refractivity contribution in [3.8, 4) is 0 Å². The number of benzene rings is 1. The van der Waals surface area contributed by atoms with Crippen LogP contribution in [-0.4, -0.2) is 21.7 Å². The monoisotopic (exact) mass is 231 g/mol. The predicted octanol–water partition coefficient (Wildman–Crippen LogP) is 1.67. The van der Waals surface area contributed by atoms with Gasteiger partial charge in [-0.2, -0.15) is 0 Å². The minimum Gasteiger partial charge on any atom is -0.483 e. The molecule has 80 valence electrons. The van der Waals surface area contributed by atoms with Crippen LogP contribution >= 0.6 is 11.6 Å². The number of halogens is 1. The molecule has 0 aliphatic heterocycles. The van der Waals surface area contributed by atoms with E-state index < -0.39 is 10.2 Å². The van der Waals surface area contributed by atoms with Crippen LogP contribution in [-0.2, 0) is 4.79 Å². The number of non-ortho nitro benzene ring substituents is 1. The molecular weight excluding hydrogens is 226 g/mol. The van der Waals surface area contributed by atoms with E-state index in [0.717, 1.165) is 0 Å². The molecule has 1 rings (SSSR count). The lowest BCUT2D eigenvalue weighted by molar-refractivity contribution is -0.384. The minimum atomic E-state index is -0.620. The van der Waals surface area contributed by atoms with Gasteiger partial charge in [-0.15, -0.1) is 0 Å². The largest absolute Gasteiger partial charge is 0.483 e. The lowest BCUT2D eigenvalue weighted by Crippen LogP contribution is -1.90. The Morgan fingerprint density at radius 1 is 1.40 bits per heavy atom. The van der Waals surface area contributed by atoms with Gasteiger partial charge in [0.25, 0.3) is 17.4 Å². The third kappa shape index (κ3) is 4.72. The number of carbonyl (C=O) groups is 2. The van der Waals surface area contributed by atoms with Crippen LogP contribution in [0.3, 0.4) is 0 Å². The summed E-state index contributed by atoms with van der Waals surface area (Å²) in [6.07, 6.45) is 0. The van der Waals surface area contributed by atoms with E-state index in [9.17, 15) is 14.9 Å². The predicted molar refractivity (Wildman–Crippen MR) is 52.0 cm³/mol. The fourth-order valence-corrected chi connectivity index (χ4v) is 0.840. The van der Waals surface area contributed by atoms with Gasteiger partial charge in [0.15, 0.2) is 0 Å². The lowest BCUT2D eigenvalue weighted by Gasteiger charge is -1.92. The van der Waals surface area contributed by atoms with Crippen molar-refractivity contribution in [2.45, 2.75) is 0 Å². The standard InChI is InChI=1S/C7H4ClNO3.CH2O2/c8-7(10)5-1-3-6(4-2-5)9(11)12;2-1-3/h1-4H;1H,(H,2,3). The molecule has 1 aromatic carbocycles. The van der Waals surface area contributed by atoms with Crippen molar-refractivity contribution < 1.29 is 19.6 Å². The zero-order valence-corrected chi connectivity index (χ0v) is 8.05. The number of carbonyl (C=O) groups excluding carboxylic acids is 1. The highest BCUT2D eigenvalue weighted by molar-refractivity contribution is 6.67. The molecule has 0 saturated carbocycles. The Morgan fingerprint density at radius 2 is 1.80 bits per heavy atom. The Bertz CT molecular complexity index is 329. The molecule has 0 heterocycles. The number of nitro benzene ring substituents is 1. The molecule has 0 saturated heterocycles. The van der Waals surface area contributed by atoms with Gasteiger partial charge in [0.2, 0.25) is 0 Å². The van der Waals surface area contributed by atoms with Crippen LogP contribution in [0.15, 0.2) is 24.3 Å². The van der Waals surface area contributed by atoms with Crippen LogP contribution in [0.1, 0.15) is 10.4 Å². The van der Waals surface area contributed by atoms with Gasteiger partial charge in [0, 0.05) is 17.7 Å². The van der Waals surface area contributed by atoms with Crippen molar-refractivity contribution in [1.29, 1.82) is 0 Å². The van der Waals surface area contributed by atoms with Crippen molar-refractivity contribution in [1.82, 2.24) is 0 Å². The smallest absolute Gasteiger partial charge is 0.290 e. The number of rotatable bonds is 2. The number of nitrogens with zero attached hydrogens (tertiary/aromatic N) is 1. The molecule has 0 radical (unpaired) electrons. The number of hydrogen-bond acceptors (Lipinski definition) is 4. The maximum absolute atomic E-state index is 10.5. The molecule has 0 aliphatic rings. The number of carboxylic acid groups (broad SMARTS) is 1. The second-order valence-corrected chi connectivity index (χ2v) is 2.53. The fourth-order valence-electron chi connectivity index (χ4n) is 0.714. The van der Waals surface area contributed by atoms with E-state index in [-0.39, 0.29) is 17.7 Å². The van der Waals surface area contributed by atoms with Gasteiger partial charge in [0.1, 0.15) is 0 Å². The average Bonchev–Trinajstić information content (AvgIpc) is 2.19. The maximum atomic E-state index is 10.5. The fraction of sp³-hybridized carbons (Fsp3) is 0.